The highest BCUT2D eigenvalue weighted by Crippen LogP contribution is 2.38. The van der Waals surface area contributed by atoms with Gasteiger partial charge < -0.3 is 4.74 Å². The first kappa shape index (κ1) is 9.65. The summed E-state index contributed by atoms with van der Waals surface area (Å²) in [7, 11) is 0. The van der Waals surface area contributed by atoms with Crippen molar-refractivity contribution in [2.75, 3.05) is 0 Å². The lowest BCUT2D eigenvalue weighted by molar-refractivity contribution is -0.118. The fourth-order valence-corrected chi connectivity index (χ4v) is 2.03. The lowest BCUT2D eigenvalue weighted by Crippen LogP contribution is -2.19. The molecule has 0 atom stereocenters. The van der Waals surface area contributed by atoms with Gasteiger partial charge in [0.2, 0.25) is 5.78 Å². The Labute approximate surface area is 89.9 Å². The van der Waals surface area contributed by atoms with Gasteiger partial charge in [-0.1, -0.05) is 0 Å². The zero-order chi connectivity index (χ0) is 10.5. The fourth-order valence-electron chi connectivity index (χ4n) is 1.64. The smallest absolute Gasteiger partial charge is 0.235 e. The maximum atomic E-state index is 11.6. The highest BCUT2D eigenvalue weighted by Gasteiger charge is 2.41. The van der Waals surface area contributed by atoms with E-state index in [4.69, 9.17) is 4.74 Å². The summed E-state index contributed by atoms with van der Waals surface area (Å²) in [6.07, 6.45) is 1.82. The molecule has 0 radical (unpaired) electrons. The molecule has 0 aromatic rings. The van der Waals surface area contributed by atoms with Crippen molar-refractivity contribution < 1.29 is 14.3 Å². The van der Waals surface area contributed by atoms with Gasteiger partial charge in [-0.15, -0.1) is 0 Å². The molecule has 1 aliphatic carbocycles. The van der Waals surface area contributed by atoms with Gasteiger partial charge in [-0.25, -0.2) is 0 Å². The summed E-state index contributed by atoms with van der Waals surface area (Å²) >= 11 is 3.04. The molecule has 0 unspecified atom stereocenters. The van der Waals surface area contributed by atoms with E-state index in [1.165, 1.54) is 6.08 Å². The summed E-state index contributed by atoms with van der Waals surface area (Å²) in [4.78, 5) is 23.1. The molecule has 1 heterocycles. The van der Waals surface area contributed by atoms with Crippen molar-refractivity contribution in [3.63, 3.8) is 0 Å². The Morgan fingerprint density at radius 1 is 1.43 bits per heavy atom. The molecule has 3 nitrogen and oxygen atoms in total. The molecule has 2 aliphatic rings. The Morgan fingerprint density at radius 3 is 2.71 bits per heavy atom. The minimum Gasteiger partial charge on any atom is -0.483 e. The van der Waals surface area contributed by atoms with Crippen LogP contribution in [0.25, 0.3) is 0 Å². The van der Waals surface area contributed by atoms with Crippen LogP contribution in [0.3, 0.4) is 0 Å². The Balaban J connectivity index is 2.43. The molecule has 0 saturated heterocycles. The second kappa shape index (κ2) is 2.79. The first-order valence-electron chi connectivity index (χ1n) is 4.29. The number of ether oxygens (including phenoxy) is 1. The molecule has 0 amide bonds. The first-order valence-corrected chi connectivity index (χ1v) is 5.08. The molecule has 0 saturated carbocycles. The van der Waals surface area contributed by atoms with Crippen LogP contribution < -0.4 is 0 Å². The second-order valence-corrected chi connectivity index (χ2v) is 4.89. The molecule has 0 bridgehead atoms. The van der Waals surface area contributed by atoms with Crippen LogP contribution in [0.2, 0.25) is 0 Å². The van der Waals surface area contributed by atoms with E-state index in [9.17, 15) is 9.59 Å². The summed E-state index contributed by atoms with van der Waals surface area (Å²) in [5, 5.41) is 0. The van der Waals surface area contributed by atoms with Crippen molar-refractivity contribution in [3.05, 3.63) is 21.9 Å². The molecule has 0 spiro atoms. The van der Waals surface area contributed by atoms with Crippen molar-refractivity contribution in [1.82, 2.24) is 0 Å². The van der Waals surface area contributed by atoms with Gasteiger partial charge in [-0.3, -0.25) is 9.59 Å². The maximum absolute atomic E-state index is 11.6. The van der Waals surface area contributed by atoms with E-state index in [0.717, 1.165) is 0 Å². The van der Waals surface area contributed by atoms with E-state index in [-0.39, 0.29) is 21.8 Å². The molecular formula is C10H9BrO3. The van der Waals surface area contributed by atoms with Crippen LogP contribution in [-0.4, -0.2) is 17.2 Å². The quantitative estimate of drug-likeness (QED) is 0.622. The summed E-state index contributed by atoms with van der Waals surface area (Å²) < 4.78 is 5.72. The summed E-state index contributed by atoms with van der Waals surface area (Å²) in [6, 6.07) is 0. The minimum absolute atomic E-state index is 0.128. The third-order valence-corrected chi connectivity index (χ3v) is 2.82. The number of ketones is 2. The Morgan fingerprint density at radius 2 is 2.07 bits per heavy atom. The third kappa shape index (κ3) is 1.34. The van der Waals surface area contributed by atoms with Crippen LogP contribution >= 0.6 is 15.9 Å². The standard InChI is InChI=1S/C10H9BrO3/c1-10(2)4-5-7(12)3-6(11)8(13)9(5)14-10/h3H,4H2,1-2H3. The molecule has 1 aliphatic heterocycles. The van der Waals surface area contributed by atoms with Gasteiger partial charge in [0.15, 0.2) is 11.5 Å². The number of Topliss-reactive ketones (excluding diaryl/α,β-unsaturated/α-hetero) is 1. The van der Waals surface area contributed by atoms with Gasteiger partial charge in [0, 0.05) is 18.1 Å². The Hall–Kier alpha value is -0.900. The number of rotatable bonds is 0. The van der Waals surface area contributed by atoms with E-state index < -0.39 is 5.60 Å². The number of hydrogen-bond acceptors (Lipinski definition) is 3. The summed E-state index contributed by atoms with van der Waals surface area (Å²) in [5.74, 6) is -0.142. The number of hydrogen-bond donors (Lipinski definition) is 0. The lowest BCUT2D eigenvalue weighted by Gasteiger charge is -2.18. The van der Waals surface area contributed by atoms with Crippen LogP contribution in [0.5, 0.6) is 0 Å². The van der Waals surface area contributed by atoms with Gasteiger partial charge in [0.1, 0.15) is 5.60 Å². The van der Waals surface area contributed by atoms with Crippen LogP contribution in [0, 0.1) is 0 Å². The van der Waals surface area contributed by atoms with Gasteiger partial charge in [-0.05, 0) is 29.8 Å². The Bertz CT molecular complexity index is 402. The molecule has 74 valence electrons. The van der Waals surface area contributed by atoms with Gasteiger partial charge in [0.05, 0.1) is 4.48 Å². The van der Waals surface area contributed by atoms with E-state index in [0.29, 0.717) is 12.0 Å². The first-order chi connectivity index (χ1) is 6.41. The van der Waals surface area contributed by atoms with E-state index in [1.54, 1.807) is 0 Å². The topological polar surface area (TPSA) is 43.4 Å². The molecular weight excluding hydrogens is 248 g/mol. The normalized spacial score (nSPS) is 24.6. The summed E-state index contributed by atoms with van der Waals surface area (Å²) in [6.45, 7) is 3.72. The van der Waals surface area contributed by atoms with Gasteiger partial charge in [-0.2, -0.15) is 0 Å². The molecule has 0 fully saturated rings. The molecule has 0 N–H and O–H groups in total. The summed E-state index contributed by atoms with van der Waals surface area (Å²) in [5.41, 5.74) is 0.0600. The van der Waals surface area contributed by atoms with Crippen molar-refractivity contribution in [2.24, 2.45) is 0 Å². The number of halogens is 1. The monoisotopic (exact) mass is 256 g/mol. The average Bonchev–Trinajstić information content (AvgIpc) is 2.38. The fraction of sp³-hybridized carbons (Fsp3) is 0.400. The van der Waals surface area contributed by atoms with Gasteiger partial charge in [0.25, 0.3) is 0 Å². The molecule has 2 rings (SSSR count). The van der Waals surface area contributed by atoms with Crippen molar-refractivity contribution in [2.45, 2.75) is 25.9 Å². The minimum atomic E-state index is -0.443. The van der Waals surface area contributed by atoms with Crippen LogP contribution in [0.1, 0.15) is 20.3 Å². The predicted molar refractivity (Wildman–Crippen MR) is 53.8 cm³/mol. The number of carbonyl (C=O) groups is 2. The van der Waals surface area contributed by atoms with E-state index in [1.807, 2.05) is 13.8 Å². The zero-order valence-electron chi connectivity index (χ0n) is 7.89. The zero-order valence-corrected chi connectivity index (χ0v) is 9.47. The van der Waals surface area contributed by atoms with Crippen LogP contribution in [-0.2, 0) is 14.3 Å². The number of allylic oxidation sites excluding steroid dienone is 2. The molecule has 14 heavy (non-hydrogen) atoms. The highest BCUT2D eigenvalue weighted by molar-refractivity contribution is 9.12. The second-order valence-electron chi connectivity index (χ2n) is 4.03. The SMILES string of the molecule is CC1(C)CC2=C(O1)C(=O)C(Br)=CC2=O. The van der Waals surface area contributed by atoms with Crippen molar-refractivity contribution in [3.8, 4) is 0 Å². The average molecular weight is 257 g/mol. The molecule has 0 aromatic heterocycles. The maximum Gasteiger partial charge on any atom is 0.235 e. The third-order valence-electron chi connectivity index (χ3n) is 2.23. The number of carbonyl (C=O) groups excluding carboxylic acids is 2. The molecule has 0 aromatic carbocycles. The Kier molecular flexibility index (Phi) is 1.93. The lowest BCUT2D eigenvalue weighted by atomic mass is 9.95. The van der Waals surface area contributed by atoms with E-state index in [2.05, 4.69) is 15.9 Å². The van der Waals surface area contributed by atoms with E-state index >= 15 is 0 Å². The molecule has 4 heteroatoms. The largest absolute Gasteiger partial charge is 0.483 e. The highest BCUT2D eigenvalue weighted by atomic mass is 79.9. The van der Waals surface area contributed by atoms with Crippen LogP contribution in [0.15, 0.2) is 21.9 Å². The van der Waals surface area contributed by atoms with Gasteiger partial charge >= 0.3 is 0 Å². The van der Waals surface area contributed by atoms with Crippen molar-refractivity contribution in [1.29, 1.82) is 0 Å². The van der Waals surface area contributed by atoms with Crippen LogP contribution in [0.4, 0.5) is 0 Å². The predicted octanol–water partition coefficient (Wildman–Crippen LogP) is 1.87. The van der Waals surface area contributed by atoms with Crippen molar-refractivity contribution >= 4 is 27.5 Å².